The van der Waals surface area contributed by atoms with E-state index >= 15 is 0 Å². The number of rotatable bonds is 3. The molecule has 19 heavy (non-hydrogen) atoms. The van der Waals surface area contributed by atoms with Crippen molar-refractivity contribution in [2.45, 2.75) is 6.92 Å². The van der Waals surface area contributed by atoms with E-state index in [1.165, 1.54) is 18.2 Å². The lowest BCUT2D eigenvalue weighted by Crippen LogP contribution is -1.93. The molecule has 0 amide bonds. The van der Waals surface area contributed by atoms with Gasteiger partial charge in [-0.15, -0.1) is 0 Å². The number of halogens is 2. The van der Waals surface area contributed by atoms with Crippen molar-refractivity contribution in [1.82, 2.24) is 4.98 Å². The zero-order chi connectivity index (χ0) is 14.0. The summed E-state index contributed by atoms with van der Waals surface area (Å²) in [5.74, 6) is 0.726. The van der Waals surface area contributed by atoms with Gasteiger partial charge in [-0.3, -0.25) is 10.1 Å². The molecule has 0 bridgehead atoms. The van der Waals surface area contributed by atoms with E-state index in [1.807, 2.05) is 13.0 Å². The molecule has 2 rings (SSSR count). The molecule has 0 aliphatic carbocycles. The van der Waals surface area contributed by atoms with Gasteiger partial charge in [0.1, 0.15) is 5.75 Å². The predicted octanol–water partition coefficient (Wildman–Crippen LogP) is 4.51. The first-order valence-electron chi connectivity index (χ1n) is 5.21. The van der Waals surface area contributed by atoms with E-state index in [0.717, 1.165) is 10.0 Å². The van der Waals surface area contributed by atoms with Crippen LogP contribution in [0.25, 0.3) is 0 Å². The molecular formula is C12H8BrClN2O3. The third-order valence-corrected chi connectivity index (χ3v) is 3.06. The largest absolute Gasteiger partial charge is 0.437 e. The molecule has 0 spiro atoms. The Kier molecular flexibility index (Phi) is 4.01. The summed E-state index contributed by atoms with van der Waals surface area (Å²) in [6.07, 6.45) is 1.60. The molecule has 1 heterocycles. The number of non-ortho nitro benzene ring substituents is 1. The van der Waals surface area contributed by atoms with Crippen LogP contribution in [0.5, 0.6) is 11.6 Å². The van der Waals surface area contributed by atoms with Crippen LogP contribution in [0.1, 0.15) is 5.56 Å². The predicted molar refractivity (Wildman–Crippen MR) is 74.9 cm³/mol. The van der Waals surface area contributed by atoms with Gasteiger partial charge in [0.25, 0.3) is 5.69 Å². The number of benzene rings is 1. The van der Waals surface area contributed by atoms with Gasteiger partial charge in [-0.05, 0) is 35.0 Å². The Bertz CT molecular complexity index is 649. The van der Waals surface area contributed by atoms with Crippen LogP contribution in [0.3, 0.4) is 0 Å². The molecule has 0 fully saturated rings. The lowest BCUT2D eigenvalue weighted by atomic mass is 10.3. The van der Waals surface area contributed by atoms with Crippen molar-refractivity contribution in [3.05, 3.63) is 55.6 Å². The smallest absolute Gasteiger partial charge is 0.271 e. The van der Waals surface area contributed by atoms with Gasteiger partial charge in [0.2, 0.25) is 5.88 Å². The minimum Gasteiger partial charge on any atom is -0.437 e. The highest BCUT2D eigenvalue weighted by atomic mass is 79.9. The number of nitro benzene ring substituents is 1. The molecule has 0 aliphatic heterocycles. The summed E-state index contributed by atoms with van der Waals surface area (Å²) in [4.78, 5) is 14.2. The summed E-state index contributed by atoms with van der Waals surface area (Å²) in [6, 6.07) is 5.87. The molecule has 1 aromatic carbocycles. The van der Waals surface area contributed by atoms with Crippen LogP contribution in [0.4, 0.5) is 5.69 Å². The highest BCUT2D eigenvalue weighted by Crippen LogP contribution is 2.33. The SMILES string of the molecule is Cc1cc(Br)cnc1Oc1ccc([N+](=O)[O-])cc1Cl. The Labute approximate surface area is 122 Å². The number of aryl methyl sites for hydroxylation is 1. The molecule has 0 saturated carbocycles. The van der Waals surface area contributed by atoms with Crippen molar-refractivity contribution in [3.8, 4) is 11.6 Å². The average Bonchev–Trinajstić information content (AvgIpc) is 2.34. The highest BCUT2D eigenvalue weighted by Gasteiger charge is 2.12. The number of pyridine rings is 1. The van der Waals surface area contributed by atoms with Gasteiger partial charge >= 0.3 is 0 Å². The maximum atomic E-state index is 10.6. The quantitative estimate of drug-likeness (QED) is 0.607. The molecule has 0 aliphatic rings. The molecule has 2 aromatic rings. The van der Waals surface area contributed by atoms with Crippen molar-refractivity contribution in [1.29, 1.82) is 0 Å². The minimum absolute atomic E-state index is 0.0853. The molecule has 0 saturated heterocycles. The third kappa shape index (κ3) is 3.21. The molecule has 7 heteroatoms. The first-order valence-corrected chi connectivity index (χ1v) is 6.38. The number of hydrogen-bond acceptors (Lipinski definition) is 4. The summed E-state index contributed by atoms with van der Waals surface area (Å²) in [5, 5.41) is 10.8. The summed E-state index contributed by atoms with van der Waals surface area (Å²) >= 11 is 9.24. The van der Waals surface area contributed by atoms with E-state index < -0.39 is 4.92 Å². The fourth-order valence-corrected chi connectivity index (χ4v) is 2.08. The van der Waals surface area contributed by atoms with Crippen molar-refractivity contribution in [2.75, 3.05) is 0 Å². The van der Waals surface area contributed by atoms with Crippen molar-refractivity contribution in [3.63, 3.8) is 0 Å². The van der Waals surface area contributed by atoms with E-state index in [-0.39, 0.29) is 10.7 Å². The van der Waals surface area contributed by atoms with Crippen LogP contribution >= 0.6 is 27.5 Å². The monoisotopic (exact) mass is 342 g/mol. The second kappa shape index (κ2) is 5.54. The maximum Gasteiger partial charge on any atom is 0.271 e. The van der Waals surface area contributed by atoms with Gasteiger partial charge in [0.05, 0.1) is 9.95 Å². The topological polar surface area (TPSA) is 65.3 Å². The Morgan fingerprint density at radius 3 is 2.74 bits per heavy atom. The number of ether oxygens (including phenoxy) is 1. The van der Waals surface area contributed by atoms with Crippen LogP contribution in [-0.4, -0.2) is 9.91 Å². The molecule has 0 radical (unpaired) electrons. The van der Waals surface area contributed by atoms with Gasteiger partial charge in [-0.2, -0.15) is 0 Å². The van der Waals surface area contributed by atoms with Crippen LogP contribution in [0.2, 0.25) is 5.02 Å². The number of nitrogens with zero attached hydrogens (tertiary/aromatic N) is 2. The van der Waals surface area contributed by atoms with E-state index in [1.54, 1.807) is 6.20 Å². The van der Waals surface area contributed by atoms with E-state index in [4.69, 9.17) is 16.3 Å². The lowest BCUT2D eigenvalue weighted by Gasteiger charge is -2.08. The number of hydrogen-bond donors (Lipinski definition) is 0. The van der Waals surface area contributed by atoms with Crippen LogP contribution in [0.15, 0.2) is 34.9 Å². The second-order valence-electron chi connectivity index (χ2n) is 3.75. The van der Waals surface area contributed by atoms with Crippen LogP contribution < -0.4 is 4.74 Å². The highest BCUT2D eigenvalue weighted by molar-refractivity contribution is 9.10. The van der Waals surface area contributed by atoms with E-state index in [2.05, 4.69) is 20.9 Å². The van der Waals surface area contributed by atoms with E-state index in [9.17, 15) is 10.1 Å². The maximum absolute atomic E-state index is 10.6. The number of aromatic nitrogens is 1. The lowest BCUT2D eigenvalue weighted by molar-refractivity contribution is -0.384. The zero-order valence-electron chi connectivity index (χ0n) is 9.76. The van der Waals surface area contributed by atoms with Crippen molar-refractivity contribution < 1.29 is 9.66 Å². The standard InChI is InChI=1S/C12H8BrClN2O3/c1-7-4-8(13)6-15-12(7)19-11-3-2-9(16(17)18)5-10(11)14/h2-6H,1H3. The summed E-state index contributed by atoms with van der Waals surface area (Å²) in [7, 11) is 0. The Balaban J connectivity index is 2.31. The van der Waals surface area contributed by atoms with E-state index in [0.29, 0.717) is 11.6 Å². The summed E-state index contributed by atoms with van der Waals surface area (Å²) in [6.45, 7) is 1.84. The van der Waals surface area contributed by atoms with Gasteiger partial charge in [0.15, 0.2) is 0 Å². The average molecular weight is 344 g/mol. The molecule has 0 unspecified atom stereocenters. The molecule has 0 N–H and O–H groups in total. The van der Waals surface area contributed by atoms with Crippen molar-refractivity contribution >= 4 is 33.2 Å². The molecular weight excluding hydrogens is 336 g/mol. The summed E-state index contributed by atoms with van der Waals surface area (Å²) < 4.78 is 6.38. The van der Waals surface area contributed by atoms with Crippen molar-refractivity contribution in [2.24, 2.45) is 0 Å². The third-order valence-electron chi connectivity index (χ3n) is 2.33. The Morgan fingerprint density at radius 1 is 1.42 bits per heavy atom. The van der Waals surface area contributed by atoms with Gasteiger partial charge in [-0.1, -0.05) is 11.6 Å². The van der Waals surface area contributed by atoms with Gasteiger partial charge in [-0.25, -0.2) is 4.98 Å². The van der Waals surface area contributed by atoms with Crippen LogP contribution in [-0.2, 0) is 0 Å². The fraction of sp³-hybridized carbons (Fsp3) is 0.0833. The molecule has 1 aromatic heterocycles. The molecule has 98 valence electrons. The van der Waals surface area contributed by atoms with Gasteiger partial charge in [0, 0.05) is 28.4 Å². The Hall–Kier alpha value is -1.66. The Morgan fingerprint density at radius 2 is 2.16 bits per heavy atom. The molecule has 0 atom stereocenters. The van der Waals surface area contributed by atoms with Crippen LogP contribution in [0, 0.1) is 17.0 Å². The van der Waals surface area contributed by atoms with Gasteiger partial charge < -0.3 is 4.74 Å². The fourth-order valence-electron chi connectivity index (χ4n) is 1.43. The number of nitro groups is 1. The minimum atomic E-state index is -0.515. The first-order chi connectivity index (χ1) is 8.97. The first kappa shape index (κ1) is 13.8. The molecule has 5 nitrogen and oxygen atoms in total. The summed E-state index contributed by atoms with van der Waals surface area (Å²) in [5.41, 5.74) is 0.738. The normalized spacial score (nSPS) is 10.3. The second-order valence-corrected chi connectivity index (χ2v) is 5.07. The zero-order valence-corrected chi connectivity index (χ0v) is 12.1.